The number of thioether (sulfide) groups is 1. The molecule has 3 nitrogen and oxygen atoms in total. The largest absolute Gasteiger partial charge is 0.353 e. The summed E-state index contributed by atoms with van der Waals surface area (Å²) in [4.78, 5) is 11.9. The molecule has 0 spiro atoms. The van der Waals surface area contributed by atoms with Crippen LogP contribution in [0.25, 0.3) is 0 Å². The van der Waals surface area contributed by atoms with Crippen molar-refractivity contribution in [3.63, 3.8) is 0 Å². The highest BCUT2D eigenvalue weighted by molar-refractivity contribution is 8.00. The van der Waals surface area contributed by atoms with E-state index >= 15 is 0 Å². The number of nitrogens with two attached hydrogens (primary N) is 1. The highest BCUT2D eigenvalue weighted by Crippen LogP contribution is 2.25. The SMILES string of the molecule is NC(CNC(=O)C1CCCCS1)c1ccccc1. The van der Waals surface area contributed by atoms with E-state index in [1.165, 1.54) is 6.42 Å². The van der Waals surface area contributed by atoms with Crippen LogP contribution in [-0.4, -0.2) is 23.5 Å². The van der Waals surface area contributed by atoms with Crippen molar-refractivity contribution in [1.29, 1.82) is 0 Å². The molecule has 2 atom stereocenters. The van der Waals surface area contributed by atoms with Gasteiger partial charge in [0.2, 0.25) is 5.91 Å². The Morgan fingerprint density at radius 3 is 2.83 bits per heavy atom. The van der Waals surface area contributed by atoms with Crippen LogP contribution in [0.1, 0.15) is 30.9 Å². The number of hydrogen-bond acceptors (Lipinski definition) is 3. The van der Waals surface area contributed by atoms with E-state index in [4.69, 9.17) is 5.73 Å². The molecule has 1 heterocycles. The van der Waals surface area contributed by atoms with Crippen molar-refractivity contribution in [2.75, 3.05) is 12.3 Å². The van der Waals surface area contributed by atoms with Gasteiger partial charge in [0.05, 0.1) is 5.25 Å². The predicted octanol–water partition coefficient (Wildman–Crippen LogP) is 2.09. The Kier molecular flexibility index (Phi) is 5.08. The maximum atomic E-state index is 11.9. The monoisotopic (exact) mass is 264 g/mol. The molecule has 0 aliphatic carbocycles. The number of benzene rings is 1. The molecule has 0 radical (unpaired) electrons. The third kappa shape index (κ3) is 3.75. The fourth-order valence-corrected chi connectivity index (χ4v) is 3.31. The van der Waals surface area contributed by atoms with E-state index in [1.54, 1.807) is 11.8 Å². The Morgan fingerprint density at radius 1 is 1.39 bits per heavy atom. The highest BCUT2D eigenvalue weighted by atomic mass is 32.2. The second kappa shape index (κ2) is 6.81. The van der Waals surface area contributed by atoms with Gasteiger partial charge in [0.1, 0.15) is 0 Å². The van der Waals surface area contributed by atoms with Crippen LogP contribution in [0.15, 0.2) is 30.3 Å². The van der Waals surface area contributed by atoms with Crippen molar-refractivity contribution in [2.24, 2.45) is 5.73 Å². The zero-order valence-electron chi connectivity index (χ0n) is 10.5. The standard InChI is InChI=1S/C14H20N2OS/c15-12(11-6-2-1-3-7-11)10-16-14(17)13-8-4-5-9-18-13/h1-3,6-7,12-13H,4-5,8-10,15H2,(H,16,17). The molecular weight excluding hydrogens is 244 g/mol. The lowest BCUT2D eigenvalue weighted by molar-refractivity contribution is -0.120. The Bertz CT molecular complexity index is 377. The summed E-state index contributed by atoms with van der Waals surface area (Å²) < 4.78 is 0. The summed E-state index contributed by atoms with van der Waals surface area (Å²) in [7, 11) is 0. The number of carbonyl (C=O) groups excluding carboxylic acids is 1. The van der Waals surface area contributed by atoms with Crippen LogP contribution in [0.2, 0.25) is 0 Å². The van der Waals surface area contributed by atoms with E-state index in [1.807, 2.05) is 30.3 Å². The van der Waals surface area contributed by atoms with Crippen molar-refractivity contribution >= 4 is 17.7 Å². The van der Waals surface area contributed by atoms with Crippen LogP contribution in [0.3, 0.4) is 0 Å². The van der Waals surface area contributed by atoms with Gasteiger partial charge in [-0.25, -0.2) is 0 Å². The van der Waals surface area contributed by atoms with Gasteiger partial charge in [-0.05, 0) is 24.2 Å². The zero-order chi connectivity index (χ0) is 12.8. The number of amides is 1. The summed E-state index contributed by atoms with van der Waals surface area (Å²) >= 11 is 1.77. The second-order valence-electron chi connectivity index (χ2n) is 4.62. The summed E-state index contributed by atoms with van der Waals surface area (Å²) in [5.74, 6) is 1.24. The van der Waals surface area contributed by atoms with Crippen LogP contribution in [0.4, 0.5) is 0 Å². The maximum Gasteiger partial charge on any atom is 0.233 e. The van der Waals surface area contributed by atoms with Crippen LogP contribution in [-0.2, 0) is 4.79 Å². The highest BCUT2D eigenvalue weighted by Gasteiger charge is 2.21. The van der Waals surface area contributed by atoms with Gasteiger partial charge in [0.25, 0.3) is 0 Å². The third-order valence-electron chi connectivity index (χ3n) is 3.20. The van der Waals surface area contributed by atoms with E-state index < -0.39 is 0 Å². The Balaban J connectivity index is 1.78. The van der Waals surface area contributed by atoms with Gasteiger partial charge >= 0.3 is 0 Å². The lowest BCUT2D eigenvalue weighted by Crippen LogP contribution is -2.38. The number of hydrogen-bond donors (Lipinski definition) is 2. The molecular formula is C14H20N2OS. The van der Waals surface area contributed by atoms with Gasteiger partial charge in [-0.3, -0.25) is 4.79 Å². The molecule has 2 rings (SSSR count). The van der Waals surface area contributed by atoms with Crippen molar-refractivity contribution in [3.05, 3.63) is 35.9 Å². The van der Waals surface area contributed by atoms with Crippen LogP contribution < -0.4 is 11.1 Å². The molecule has 18 heavy (non-hydrogen) atoms. The van der Waals surface area contributed by atoms with E-state index in [0.29, 0.717) is 6.54 Å². The van der Waals surface area contributed by atoms with Gasteiger partial charge in [-0.1, -0.05) is 36.8 Å². The summed E-state index contributed by atoms with van der Waals surface area (Å²) in [5.41, 5.74) is 7.12. The molecule has 3 N–H and O–H groups in total. The molecule has 0 aromatic heterocycles. The number of nitrogens with one attached hydrogen (secondary N) is 1. The van der Waals surface area contributed by atoms with Crippen LogP contribution in [0.5, 0.6) is 0 Å². The molecule has 2 unspecified atom stereocenters. The molecule has 1 aliphatic heterocycles. The molecule has 98 valence electrons. The molecule has 4 heteroatoms. The minimum atomic E-state index is -0.122. The molecule has 1 fully saturated rings. The van der Waals surface area contributed by atoms with Gasteiger partial charge in [-0.2, -0.15) is 0 Å². The zero-order valence-corrected chi connectivity index (χ0v) is 11.3. The maximum absolute atomic E-state index is 11.9. The van der Waals surface area contributed by atoms with E-state index in [9.17, 15) is 4.79 Å². The fraction of sp³-hybridized carbons (Fsp3) is 0.500. The van der Waals surface area contributed by atoms with Crippen molar-refractivity contribution in [3.8, 4) is 0 Å². The summed E-state index contributed by atoms with van der Waals surface area (Å²) in [6.07, 6.45) is 3.39. The number of rotatable bonds is 4. The van der Waals surface area contributed by atoms with Gasteiger partial charge < -0.3 is 11.1 Å². The predicted molar refractivity (Wildman–Crippen MR) is 76.5 cm³/mol. The minimum absolute atomic E-state index is 0.122. The van der Waals surface area contributed by atoms with Gasteiger partial charge in [0, 0.05) is 12.6 Å². The molecule has 1 aromatic rings. The number of carbonyl (C=O) groups is 1. The Hall–Kier alpha value is -1.00. The van der Waals surface area contributed by atoms with E-state index in [0.717, 1.165) is 24.2 Å². The average Bonchev–Trinajstić information content (AvgIpc) is 2.46. The second-order valence-corrected chi connectivity index (χ2v) is 5.93. The van der Waals surface area contributed by atoms with Crippen molar-refractivity contribution in [2.45, 2.75) is 30.6 Å². The first kappa shape index (κ1) is 13.4. The van der Waals surface area contributed by atoms with E-state index in [2.05, 4.69) is 5.32 Å². The van der Waals surface area contributed by atoms with Crippen molar-refractivity contribution in [1.82, 2.24) is 5.32 Å². The topological polar surface area (TPSA) is 55.1 Å². The molecule has 1 aliphatic rings. The lowest BCUT2D eigenvalue weighted by Gasteiger charge is -2.21. The average molecular weight is 264 g/mol. The normalized spacial score (nSPS) is 21.3. The fourth-order valence-electron chi connectivity index (χ4n) is 2.09. The first-order valence-electron chi connectivity index (χ1n) is 6.47. The van der Waals surface area contributed by atoms with Crippen LogP contribution in [0, 0.1) is 0 Å². The Labute approximate surface area is 113 Å². The van der Waals surface area contributed by atoms with Gasteiger partial charge in [0.15, 0.2) is 0 Å². The first-order chi connectivity index (χ1) is 8.77. The Morgan fingerprint density at radius 2 is 2.17 bits per heavy atom. The van der Waals surface area contributed by atoms with Gasteiger partial charge in [-0.15, -0.1) is 11.8 Å². The molecule has 0 saturated carbocycles. The van der Waals surface area contributed by atoms with Crippen molar-refractivity contribution < 1.29 is 4.79 Å². The summed E-state index contributed by atoms with van der Waals surface area (Å²) in [6, 6.07) is 9.76. The first-order valence-corrected chi connectivity index (χ1v) is 7.52. The quantitative estimate of drug-likeness (QED) is 0.875. The third-order valence-corrected chi connectivity index (χ3v) is 4.57. The summed E-state index contributed by atoms with van der Waals surface area (Å²) in [6.45, 7) is 0.514. The van der Waals surface area contributed by atoms with E-state index in [-0.39, 0.29) is 17.2 Å². The minimum Gasteiger partial charge on any atom is -0.353 e. The molecule has 1 aromatic carbocycles. The van der Waals surface area contributed by atoms with Crippen LogP contribution >= 0.6 is 11.8 Å². The smallest absolute Gasteiger partial charge is 0.233 e. The lowest BCUT2D eigenvalue weighted by atomic mass is 10.1. The molecule has 1 saturated heterocycles. The summed E-state index contributed by atoms with van der Waals surface area (Å²) in [5, 5.41) is 3.09. The molecule has 1 amide bonds. The molecule has 0 bridgehead atoms.